The van der Waals surface area contributed by atoms with E-state index in [2.05, 4.69) is 6.58 Å². The largest absolute Gasteiger partial charge is 0.494 e. The Morgan fingerprint density at radius 3 is 2.42 bits per heavy atom. The molecule has 1 aromatic carbocycles. The van der Waals surface area contributed by atoms with Crippen LogP contribution < -0.4 is 4.74 Å². The summed E-state index contributed by atoms with van der Waals surface area (Å²) in [6.45, 7) is 6.26. The zero-order valence-corrected chi connectivity index (χ0v) is 7.77. The number of hydrogen-bond donors (Lipinski definition) is 0. The van der Waals surface area contributed by atoms with Crippen molar-refractivity contribution in [1.82, 2.24) is 0 Å². The van der Waals surface area contributed by atoms with Crippen LogP contribution in [0.15, 0.2) is 30.8 Å². The molecule has 2 heteroatoms. The molecule has 1 nitrogen and oxygen atoms in total. The molecule has 0 atom stereocenters. The molecule has 0 unspecified atom stereocenters. The molecule has 12 heavy (non-hydrogen) atoms. The molecule has 0 saturated carbocycles. The third kappa shape index (κ3) is 2.28. The van der Waals surface area contributed by atoms with Gasteiger partial charge >= 0.3 is 0 Å². The molecule has 0 saturated heterocycles. The molecule has 0 spiro atoms. The van der Waals surface area contributed by atoms with Crippen LogP contribution in [0.3, 0.4) is 0 Å². The van der Waals surface area contributed by atoms with Gasteiger partial charge in [0.15, 0.2) is 0 Å². The fourth-order valence-corrected chi connectivity index (χ4v) is 1.02. The first kappa shape index (κ1) is 9.14. The Bertz CT molecular complexity index is 264. The van der Waals surface area contributed by atoms with Crippen molar-refractivity contribution >= 4 is 16.6 Å². The van der Waals surface area contributed by atoms with Gasteiger partial charge in [-0.15, -0.1) is 0 Å². The lowest BCUT2D eigenvalue weighted by molar-refractivity contribution is 0.340. The van der Waals surface area contributed by atoms with Crippen LogP contribution in [0, 0.1) is 0 Å². The van der Waals surface area contributed by atoms with Crippen LogP contribution >= 0.6 is 11.6 Å². The predicted molar refractivity (Wildman–Crippen MR) is 52.5 cm³/mol. The van der Waals surface area contributed by atoms with Crippen LogP contribution in [-0.4, -0.2) is 6.61 Å². The molecule has 64 valence electrons. The fourth-order valence-electron chi connectivity index (χ4n) is 0.899. The number of benzene rings is 1. The maximum absolute atomic E-state index is 5.70. The summed E-state index contributed by atoms with van der Waals surface area (Å²) in [5, 5.41) is 0.554. The van der Waals surface area contributed by atoms with Crippen molar-refractivity contribution in [3.8, 4) is 5.75 Å². The number of rotatable bonds is 3. The van der Waals surface area contributed by atoms with Crippen LogP contribution in [0.25, 0.3) is 5.03 Å². The van der Waals surface area contributed by atoms with Gasteiger partial charge in [0.1, 0.15) is 5.75 Å². The van der Waals surface area contributed by atoms with Gasteiger partial charge in [0.25, 0.3) is 0 Å². The van der Waals surface area contributed by atoms with Gasteiger partial charge in [0.05, 0.1) is 6.61 Å². The highest BCUT2D eigenvalue weighted by Crippen LogP contribution is 2.19. The van der Waals surface area contributed by atoms with Crippen LogP contribution in [0.1, 0.15) is 12.5 Å². The highest BCUT2D eigenvalue weighted by Gasteiger charge is 1.95. The molecule has 1 aromatic rings. The third-order valence-electron chi connectivity index (χ3n) is 1.48. The number of halogens is 1. The van der Waals surface area contributed by atoms with Gasteiger partial charge in [0.2, 0.25) is 0 Å². The molecule has 0 aromatic heterocycles. The van der Waals surface area contributed by atoms with Gasteiger partial charge in [-0.3, -0.25) is 0 Å². The Hall–Kier alpha value is -0.950. The van der Waals surface area contributed by atoms with Gasteiger partial charge in [-0.05, 0) is 36.8 Å². The lowest BCUT2D eigenvalue weighted by atomic mass is 10.2. The summed E-state index contributed by atoms with van der Waals surface area (Å²) in [6, 6.07) is 7.54. The van der Waals surface area contributed by atoms with Gasteiger partial charge < -0.3 is 4.74 Å². The molecule has 0 N–H and O–H groups in total. The van der Waals surface area contributed by atoms with Gasteiger partial charge in [0, 0.05) is 5.03 Å². The second-order valence-corrected chi connectivity index (χ2v) is 2.82. The van der Waals surface area contributed by atoms with E-state index in [1.54, 1.807) is 0 Å². The van der Waals surface area contributed by atoms with Crippen LogP contribution in [0.2, 0.25) is 0 Å². The van der Waals surface area contributed by atoms with E-state index in [1.807, 2.05) is 31.2 Å². The first-order chi connectivity index (χ1) is 5.74. The summed E-state index contributed by atoms with van der Waals surface area (Å²) >= 11 is 5.70. The summed E-state index contributed by atoms with van der Waals surface area (Å²) in [5.74, 6) is 0.860. The Morgan fingerprint density at radius 1 is 1.42 bits per heavy atom. The predicted octanol–water partition coefficient (Wildman–Crippen LogP) is 3.29. The molecule has 0 radical (unpaired) electrons. The van der Waals surface area contributed by atoms with Crippen molar-refractivity contribution in [1.29, 1.82) is 0 Å². The van der Waals surface area contributed by atoms with Gasteiger partial charge in [-0.25, -0.2) is 0 Å². The van der Waals surface area contributed by atoms with E-state index in [9.17, 15) is 0 Å². The first-order valence-corrected chi connectivity index (χ1v) is 4.19. The van der Waals surface area contributed by atoms with Crippen LogP contribution in [-0.2, 0) is 0 Å². The molecule has 0 amide bonds. The summed E-state index contributed by atoms with van der Waals surface area (Å²) in [5.41, 5.74) is 0.931. The zero-order valence-electron chi connectivity index (χ0n) is 7.01. The maximum Gasteiger partial charge on any atom is 0.119 e. The van der Waals surface area contributed by atoms with E-state index in [1.165, 1.54) is 0 Å². The number of ether oxygens (including phenoxy) is 1. The van der Waals surface area contributed by atoms with E-state index < -0.39 is 0 Å². The summed E-state index contributed by atoms with van der Waals surface area (Å²) in [7, 11) is 0. The molecular formula is C10H11ClO. The summed E-state index contributed by atoms with van der Waals surface area (Å²) in [6.07, 6.45) is 0. The van der Waals surface area contributed by atoms with Crippen molar-refractivity contribution in [2.24, 2.45) is 0 Å². The highest BCUT2D eigenvalue weighted by molar-refractivity contribution is 6.48. The van der Waals surface area contributed by atoms with E-state index in [-0.39, 0.29) is 0 Å². The summed E-state index contributed by atoms with van der Waals surface area (Å²) in [4.78, 5) is 0. The Kier molecular flexibility index (Phi) is 3.18. The first-order valence-electron chi connectivity index (χ1n) is 3.81. The molecule has 0 bridgehead atoms. The number of hydrogen-bond acceptors (Lipinski definition) is 1. The van der Waals surface area contributed by atoms with E-state index in [0.29, 0.717) is 11.6 Å². The second kappa shape index (κ2) is 4.17. The minimum absolute atomic E-state index is 0.554. The van der Waals surface area contributed by atoms with Crippen molar-refractivity contribution in [2.45, 2.75) is 6.92 Å². The van der Waals surface area contributed by atoms with Crippen molar-refractivity contribution in [3.05, 3.63) is 36.4 Å². The average Bonchev–Trinajstić information content (AvgIpc) is 2.06. The monoisotopic (exact) mass is 182 g/mol. The Labute approximate surface area is 77.6 Å². The average molecular weight is 183 g/mol. The van der Waals surface area contributed by atoms with Crippen LogP contribution in [0.5, 0.6) is 5.75 Å². The molecule has 0 aliphatic carbocycles. The maximum atomic E-state index is 5.70. The Morgan fingerprint density at radius 2 is 2.00 bits per heavy atom. The zero-order chi connectivity index (χ0) is 8.97. The SMILES string of the molecule is C=C(Cl)c1ccc(OCC)cc1. The molecule has 0 aliphatic heterocycles. The standard InChI is InChI=1S/C10H11ClO/c1-3-12-10-6-4-9(5-7-10)8(2)11/h4-7H,2-3H2,1H3. The summed E-state index contributed by atoms with van der Waals surface area (Å²) < 4.78 is 5.27. The van der Waals surface area contributed by atoms with Gasteiger partial charge in [-0.1, -0.05) is 18.2 Å². The lowest BCUT2D eigenvalue weighted by Gasteiger charge is -2.03. The fraction of sp³-hybridized carbons (Fsp3) is 0.200. The quantitative estimate of drug-likeness (QED) is 0.697. The topological polar surface area (TPSA) is 9.23 Å². The van der Waals surface area contributed by atoms with Crippen molar-refractivity contribution < 1.29 is 4.74 Å². The Balaban J connectivity index is 2.78. The highest BCUT2D eigenvalue weighted by atomic mass is 35.5. The van der Waals surface area contributed by atoms with Crippen LogP contribution in [0.4, 0.5) is 0 Å². The minimum Gasteiger partial charge on any atom is -0.494 e. The minimum atomic E-state index is 0.554. The normalized spacial score (nSPS) is 9.50. The van der Waals surface area contributed by atoms with Crippen molar-refractivity contribution in [3.63, 3.8) is 0 Å². The van der Waals surface area contributed by atoms with E-state index >= 15 is 0 Å². The van der Waals surface area contributed by atoms with E-state index in [0.717, 1.165) is 11.3 Å². The third-order valence-corrected chi connectivity index (χ3v) is 1.70. The molecule has 1 rings (SSSR count). The molecule has 0 aliphatic rings. The second-order valence-electron chi connectivity index (χ2n) is 2.36. The molecule has 0 heterocycles. The smallest absolute Gasteiger partial charge is 0.119 e. The van der Waals surface area contributed by atoms with E-state index in [4.69, 9.17) is 16.3 Å². The van der Waals surface area contributed by atoms with Gasteiger partial charge in [-0.2, -0.15) is 0 Å². The molecule has 0 fully saturated rings. The lowest BCUT2D eigenvalue weighted by Crippen LogP contribution is -1.90. The van der Waals surface area contributed by atoms with Crippen molar-refractivity contribution in [2.75, 3.05) is 6.61 Å². The molecular weight excluding hydrogens is 172 g/mol.